The van der Waals surface area contributed by atoms with E-state index in [2.05, 4.69) is 15.6 Å². The number of hydrogen-bond acceptors (Lipinski definition) is 8. The number of phenols is 2. The molecule has 1 aliphatic heterocycles. The van der Waals surface area contributed by atoms with Crippen molar-refractivity contribution < 1.29 is 39.1 Å². The largest absolute Gasteiger partial charge is 0.504 e. The summed E-state index contributed by atoms with van der Waals surface area (Å²) in [6.45, 7) is 2.17. The number of benzene rings is 2. The minimum Gasteiger partial charge on any atom is -0.504 e. The van der Waals surface area contributed by atoms with Gasteiger partial charge in [0.15, 0.2) is 17.7 Å². The Bertz CT molecular complexity index is 1340. The fraction of sp³-hybridized carbons (Fsp3) is 0.269. The molecule has 4 rings (SSSR count). The van der Waals surface area contributed by atoms with Crippen LogP contribution in [0.3, 0.4) is 0 Å². The lowest BCUT2D eigenvalue weighted by Crippen LogP contribution is -2.31. The van der Waals surface area contributed by atoms with Crippen molar-refractivity contribution in [2.24, 2.45) is 0 Å². The van der Waals surface area contributed by atoms with Crippen molar-refractivity contribution in [2.75, 3.05) is 13.1 Å². The molecule has 0 unspecified atom stereocenters. The van der Waals surface area contributed by atoms with E-state index in [1.165, 1.54) is 65.6 Å². The maximum Gasteiger partial charge on any atom is 0.271 e. The monoisotopic (exact) mass is 526 g/mol. The van der Waals surface area contributed by atoms with Crippen LogP contribution in [0.15, 0.2) is 61.1 Å². The summed E-state index contributed by atoms with van der Waals surface area (Å²) in [4.78, 5) is 28.6. The number of nitrogens with zero attached hydrogens (tertiary/aromatic N) is 2. The number of halogens is 1. The number of hydrogen-bond donors (Lipinski definition) is 6. The Morgan fingerprint density at radius 3 is 2.53 bits per heavy atom. The van der Waals surface area contributed by atoms with Gasteiger partial charge in [0.05, 0.1) is 11.9 Å². The van der Waals surface area contributed by atoms with Gasteiger partial charge < -0.3 is 40.4 Å². The number of phenolic OH excluding ortho intramolecular Hbond substituents is 2. The van der Waals surface area contributed by atoms with Crippen LogP contribution in [0.5, 0.6) is 11.5 Å². The van der Waals surface area contributed by atoms with Crippen molar-refractivity contribution in [2.45, 2.75) is 31.5 Å². The van der Waals surface area contributed by atoms with Crippen LogP contribution in [0.25, 0.3) is 11.1 Å². The van der Waals surface area contributed by atoms with E-state index in [-0.39, 0.29) is 23.7 Å². The van der Waals surface area contributed by atoms with E-state index in [1.807, 2.05) is 0 Å². The minimum absolute atomic E-state index is 0.0282. The van der Waals surface area contributed by atoms with Gasteiger partial charge in [0.2, 0.25) is 0 Å². The molecular weight excluding hydrogens is 499 g/mol. The average Bonchev–Trinajstić information content (AvgIpc) is 3.49. The number of carbonyl (C=O) groups excluding carboxylic acids is 2. The molecule has 0 saturated carbocycles. The SMILES string of the molecule is CCNC(=O)c1cn([C@@H]2O[C@H](/C=C/CNC(=O)c3cc(-c4ccc(F)cc4)cc(O)c3O)[C@@H](O)[C@H]2O)cn1. The molecule has 1 fully saturated rings. The molecule has 1 saturated heterocycles. The molecule has 4 atom stereocenters. The van der Waals surface area contributed by atoms with E-state index in [4.69, 9.17) is 4.74 Å². The van der Waals surface area contributed by atoms with Gasteiger partial charge >= 0.3 is 0 Å². The molecule has 0 spiro atoms. The second kappa shape index (κ2) is 11.4. The molecule has 3 aromatic rings. The maximum absolute atomic E-state index is 13.2. The normalized spacial score (nSPS) is 21.1. The highest BCUT2D eigenvalue weighted by Gasteiger charge is 2.42. The highest BCUT2D eigenvalue weighted by Crippen LogP contribution is 2.35. The van der Waals surface area contributed by atoms with E-state index in [0.29, 0.717) is 17.7 Å². The Labute approximate surface area is 216 Å². The standard InChI is InChI=1S/C26H27FN4O7/c1-2-28-25(37)18-12-31(13-30-18)26-23(35)22(34)20(38-26)4-3-9-29-24(36)17-10-15(11-19(32)21(17)33)14-5-7-16(27)8-6-14/h3-8,10-13,20,22-23,26,32-35H,2,9H2,1H3,(H,28,37)(H,29,36)/b4-3+/t20-,22-,23-,26-/m1/s1. The molecule has 0 aliphatic carbocycles. The van der Waals surface area contributed by atoms with Crippen molar-refractivity contribution in [3.05, 3.63) is 78.1 Å². The summed E-state index contributed by atoms with van der Waals surface area (Å²) in [5.41, 5.74) is 0.885. The van der Waals surface area contributed by atoms with E-state index < -0.39 is 47.8 Å². The second-order valence-electron chi connectivity index (χ2n) is 8.57. The van der Waals surface area contributed by atoms with Gasteiger partial charge in [-0.2, -0.15) is 0 Å². The minimum atomic E-state index is -1.30. The number of aromatic hydroxyl groups is 2. The lowest BCUT2D eigenvalue weighted by Gasteiger charge is -2.15. The van der Waals surface area contributed by atoms with Crippen LogP contribution in [0.4, 0.5) is 4.39 Å². The lowest BCUT2D eigenvalue weighted by atomic mass is 10.0. The number of aliphatic hydroxyl groups excluding tert-OH is 2. The molecule has 1 aliphatic rings. The van der Waals surface area contributed by atoms with Gasteiger partial charge in [-0.05, 0) is 42.3 Å². The Kier molecular flexibility index (Phi) is 8.05. The first-order valence-corrected chi connectivity index (χ1v) is 11.8. The van der Waals surface area contributed by atoms with Crippen molar-refractivity contribution in [1.29, 1.82) is 0 Å². The summed E-state index contributed by atoms with van der Waals surface area (Å²) >= 11 is 0. The molecule has 200 valence electrons. The van der Waals surface area contributed by atoms with Crippen LogP contribution in [0.1, 0.15) is 34.0 Å². The first-order chi connectivity index (χ1) is 18.2. The molecule has 11 nitrogen and oxygen atoms in total. The van der Waals surface area contributed by atoms with Crippen LogP contribution in [-0.4, -0.2) is 73.2 Å². The number of nitrogens with one attached hydrogen (secondary N) is 2. The Morgan fingerprint density at radius 1 is 1.08 bits per heavy atom. The van der Waals surface area contributed by atoms with Crippen LogP contribution in [-0.2, 0) is 4.74 Å². The number of ether oxygens (including phenoxy) is 1. The summed E-state index contributed by atoms with van der Waals surface area (Å²) in [6.07, 6.45) is 1.19. The molecule has 38 heavy (non-hydrogen) atoms. The fourth-order valence-corrected chi connectivity index (χ4v) is 3.99. The van der Waals surface area contributed by atoms with Gasteiger partial charge in [-0.15, -0.1) is 0 Å². The smallest absolute Gasteiger partial charge is 0.271 e. The highest BCUT2D eigenvalue weighted by atomic mass is 19.1. The first kappa shape index (κ1) is 26.8. The van der Waals surface area contributed by atoms with Crippen molar-refractivity contribution in [3.8, 4) is 22.6 Å². The number of aliphatic hydroxyl groups is 2. The lowest BCUT2D eigenvalue weighted by molar-refractivity contribution is -0.0267. The second-order valence-corrected chi connectivity index (χ2v) is 8.57. The molecule has 2 heterocycles. The van der Waals surface area contributed by atoms with E-state index in [9.17, 15) is 34.4 Å². The Balaban J connectivity index is 1.38. The van der Waals surface area contributed by atoms with Crippen LogP contribution in [0, 0.1) is 5.82 Å². The van der Waals surface area contributed by atoms with E-state index in [0.717, 1.165) is 0 Å². The van der Waals surface area contributed by atoms with E-state index in [1.54, 1.807) is 6.92 Å². The van der Waals surface area contributed by atoms with Crippen LogP contribution in [0.2, 0.25) is 0 Å². The van der Waals surface area contributed by atoms with Crippen molar-refractivity contribution in [1.82, 2.24) is 20.2 Å². The maximum atomic E-state index is 13.2. The summed E-state index contributed by atoms with van der Waals surface area (Å²) in [6, 6.07) is 8.06. The molecule has 0 radical (unpaired) electrons. The molecule has 2 amide bonds. The molecule has 6 N–H and O–H groups in total. The topological polar surface area (TPSA) is 166 Å². The quantitative estimate of drug-likeness (QED) is 0.190. The molecule has 1 aromatic heterocycles. The van der Waals surface area contributed by atoms with Gasteiger partial charge in [-0.1, -0.05) is 24.3 Å². The summed E-state index contributed by atoms with van der Waals surface area (Å²) in [5, 5.41) is 46.2. The zero-order chi connectivity index (χ0) is 27.4. The average molecular weight is 527 g/mol. The Hall–Kier alpha value is -4.26. The summed E-state index contributed by atoms with van der Waals surface area (Å²) in [5.74, 6) is -2.62. The fourth-order valence-electron chi connectivity index (χ4n) is 3.99. The predicted molar refractivity (Wildman–Crippen MR) is 133 cm³/mol. The highest BCUT2D eigenvalue weighted by molar-refractivity contribution is 5.99. The first-order valence-electron chi connectivity index (χ1n) is 11.8. The number of aromatic nitrogens is 2. The third kappa shape index (κ3) is 5.67. The zero-order valence-electron chi connectivity index (χ0n) is 20.3. The predicted octanol–water partition coefficient (Wildman–Crippen LogP) is 1.46. The van der Waals surface area contributed by atoms with Gasteiger partial charge in [0.1, 0.15) is 29.8 Å². The Morgan fingerprint density at radius 2 is 1.82 bits per heavy atom. The summed E-state index contributed by atoms with van der Waals surface area (Å²) in [7, 11) is 0. The number of amides is 2. The van der Waals surface area contributed by atoms with Crippen molar-refractivity contribution >= 4 is 11.8 Å². The van der Waals surface area contributed by atoms with E-state index >= 15 is 0 Å². The van der Waals surface area contributed by atoms with Crippen molar-refractivity contribution in [3.63, 3.8) is 0 Å². The third-order valence-corrected chi connectivity index (χ3v) is 5.96. The molecule has 2 aromatic carbocycles. The number of carbonyl (C=O) groups is 2. The van der Waals surface area contributed by atoms with Gasteiger partial charge in [-0.3, -0.25) is 9.59 Å². The molecule has 12 heteroatoms. The number of imidazole rings is 1. The third-order valence-electron chi connectivity index (χ3n) is 5.96. The van der Waals surface area contributed by atoms with Crippen LogP contribution >= 0.6 is 0 Å². The van der Waals surface area contributed by atoms with Crippen LogP contribution < -0.4 is 10.6 Å². The molecular formula is C26H27FN4O7. The molecule has 0 bridgehead atoms. The number of rotatable bonds is 8. The summed E-state index contributed by atoms with van der Waals surface area (Å²) < 4.78 is 20.3. The van der Waals surface area contributed by atoms with Gasteiger partial charge in [0, 0.05) is 19.3 Å². The zero-order valence-corrected chi connectivity index (χ0v) is 20.3. The van der Waals surface area contributed by atoms with Gasteiger partial charge in [0.25, 0.3) is 11.8 Å². The van der Waals surface area contributed by atoms with Gasteiger partial charge in [-0.25, -0.2) is 9.37 Å².